The minimum Gasteiger partial charge on any atom is -0.395 e. The van der Waals surface area contributed by atoms with Crippen LogP contribution in [0.1, 0.15) is 31.9 Å². The van der Waals surface area contributed by atoms with Crippen molar-refractivity contribution < 1.29 is 5.11 Å². The maximum Gasteiger partial charge on any atom is 0.0584 e. The highest BCUT2D eigenvalue weighted by Gasteiger charge is 2.13. The number of halogens is 2. The molecule has 16 heavy (non-hydrogen) atoms. The Morgan fingerprint density at radius 3 is 2.56 bits per heavy atom. The molecule has 0 saturated heterocycles. The number of hydrogen-bond donors (Lipinski definition) is 2. The van der Waals surface area contributed by atoms with Crippen molar-refractivity contribution in [3.8, 4) is 0 Å². The van der Waals surface area contributed by atoms with E-state index in [1.54, 1.807) is 0 Å². The summed E-state index contributed by atoms with van der Waals surface area (Å²) in [5.41, 5.74) is 1.20. The van der Waals surface area contributed by atoms with Gasteiger partial charge in [-0.1, -0.05) is 44.8 Å². The van der Waals surface area contributed by atoms with Gasteiger partial charge in [-0.25, -0.2) is 0 Å². The predicted octanol–water partition coefficient (Wildman–Crippen LogP) is 3.63. The van der Waals surface area contributed by atoms with E-state index in [-0.39, 0.29) is 18.7 Å². The van der Waals surface area contributed by atoms with Crippen LogP contribution < -0.4 is 5.32 Å². The van der Waals surface area contributed by atoms with Crippen molar-refractivity contribution in [2.75, 3.05) is 6.61 Å². The molecule has 0 radical (unpaired) electrons. The molecular formula is C12H17Br2NO. The summed E-state index contributed by atoms with van der Waals surface area (Å²) in [5, 5.41) is 12.6. The molecule has 2 atom stereocenters. The Hall–Kier alpha value is 0.1000. The fraction of sp³-hybridized carbons (Fsp3) is 0.500. The maximum atomic E-state index is 9.15. The first-order valence-corrected chi connectivity index (χ1v) is 6.99. The average Bonchev–Trinajstić information content (AvgIpc) is 2.25. The number of hydrogen-bond acceptors (Lipinski definition) is 2. The van der Waals surface area contributed by atoms with Gasteiger partial charge in [0.15, 0.2) is 0 Å². The molecule has 2 N–H and O–H groups in total. The molecular weight excluding hydrogens is 334 g/mol. The first-order valence-electron chi connectivity index (χ1n) is 5.40. The smallest absolute Gasteiger partial charge is 0.0584 e. The predicted molar refractivity (Wildman–Crippen MR) is 74.6 cm³/mol. The number of nitrogens with one attached hydrogen (secondary N) is 1. The molecule has 0 aliphatic rings. The Kier molecular flexibility index (Phi) is 5.97. The number of benzene rings is 1. The van der Waals surface area contributed by atoms with Crippen LogP contribution in [0.2, 0.25) is 0 Å². The first-order chi connectivity index (χ1) is 7.58. The van der Waals surface area contributed by atoms with Crippen molar-refractivity contribution in [3.05, 3.63) is 32.7 Å². The van der Waals surface area contributed by atoms with Crippen LogP contribution in [0.15, 0.2) is 27.1 Å². The largest absolute Gasteiger partial charge is 0.395 e. The molecule has 1 aromatic rings. The number of aliphatic hydroxyl groups excluding tert-OH is 1. The van der Waals surface area contributed by atoms with Crippen molar-refractivity contribution in [2.24, 2.45) is 0 Å². The summed E-state index contributed by atoms with van der Waals surface area (Å²) in [5.74, 6) is 0. The van der Waals surface area contributed by atoms with Crippen molar-refractivity contribution in [1.29, 1.82) is 0 Å². The lowest BCUT2D eigenvalue weighted by Gasteiger charge is -2.21. The van der Waals surface area contributed by atoms with E-state index in [1.165, 1.54) is 5.56 Å². The second-order valence-electron chi connectivity index (χ2n) is 3.84. The monoisotopic (exact) mass is 349 g/mol. The molecule has 0 heterocycles. The van der Waals surface area contributed by atoms with E-state index in [2.05, 4.69) is 57.1 Å². The second-order valence-corrected chi connectivity index (χ2v) is 5.61. The summed E-state index contributed by atoms with van der Waals surface area (Å²) in [6.45, 7) is 4.35. The van der Waals surface area contributed by atoms with Gasteiger partial charge >= 0.3 is 0 Å². The number of aliphatic hydroxyl groups is 1. The third kappa shape index (κ3) is 3.84. The van der Waals surface area contributed by atoms with Gasteiger partial charge in [0.1, 0.15) is 0 Å². The van der Waals surface area contributed by atoms with Gasteiger partial charge in [-0.2, -0.15) is 0 Å². The minimum absolute atomic E-state index is 0.158. The Labute approximate surface area is 114 Å². The molecule has 2 nitrogen and oxygen atoms in total. The molecule has 1 aromatic carbocycles. The molecule has 0 bridgehead atoms. The fourth-order valence-electron chi connectivity index (χ4n) is 1.60. The third-order valence-electron chi connectivity index (χ3n) is 2.63. The lowest BCUT2D eigenvalue weighted by Crippen LogP contribution is -2.34. The van der Waals surface area contributed by atoms with Crippen LogP contribution in [0.25, 0.3) is 0 Å². The van der Waals surface area contributed by atoms with Gasteiger partial charge < -0.3 is 10.4 Å². The lowest BCUT2D eigenvalue weighted by molar-refractivity contribution is 0.230. The summed E-state index contributed by atoms with van der Waals surface area (Å²) in [6.07, 6.45) is 0.926. The standard InChI is InChI=1S/C12H17Br2NO/c1-3-10(7-16)15-8(2)11-5-4-9(13)6-12(11)14/h4-6,8,10,15-16H,3,7H2,1-2H3. The van der Waals surface area contributed by atoms with Crippen LogP contribution in [0, 0.1) is 0 Å². The highest BCUT2D eigenvalue weighted by Crippen LogP contribution is 2.27. The Bertz CT molecular complexity index is 340. The summed E-state index contributed by atoms with van der Waals surface area (Å²) in [4.78, 5) is 0. The second kappa shape index (κ2) is 6.74. The molecule has 0 spiro atoms. The van der Waals surface area contributed by atoms with Gasteiger partial charge in [0, 0.05) is 21.0 Å². The van der Waals surface area contributed by atoms with Crippen molar-refractivity contribution in [2.45, 2.75) is 32.4 Å². The third-order valence-corrected chi connectivity index (χ3v) is 3.81. The van der Waals surface area contributed by atoms with E-state index >= 15 is 0 Å². The van der Waals surface area contributed by atoms with Crippen molar-refractivity contribution in [1.82, 2.24) is 5.32 Å². The molecule has 1 rings (SSSR count). The Balaban J connectivity index is 2.76. The van der Waals surface area contributed by atoms with Crippen molar-refractivity contribution >= 4 is 31.9 Å². The Morgan fingerprint density at radius 1 is 1.38 bits per heavy atom. The zero-order valence-electron chi connectivity index (χ0n) is 9.50. The van der Waals surface area contributed by atoms with Gasteiger partial charge in [0.25, 0.3) is 0 Å². The Morgan fingerprint density at radius 2 is 2.06 bits per heavy atom. The topological polar surface area (TPSA) is 32.3 Å². The van der Waals surface area contributed by atoms with E-state index < -0.39 is 0 Å². The average molecular weight is 351 g/mol. The SMILES string of the molecule is CCC(CO)NC(C)c1ccc(Br)cc1Br. The molecule has 0 fully saturated rings. The van der Waals surface area contributed by atoms with Crippen LogP contribution in [-0.4, -0.2) is 17.8 Å². The zero-order valence-corrected chi connectivity index (χ0v) is 12.7. The van der Waals surface area contributed by atoms with Crippen LogP contribution in [0.4, 0.5) is 0 Å². The summed E-state index contributed by atoms with van der Waals surface area (Å²) in [7, 11) is 0. The molecule has 0 saturated carbocycles. The molecule has 2 unspecified atom stereocenters. The van der Waals surface area contributed by atoms with E-state index in [1.807, 2.05) is 12.1 Å². The van der Waals surface area contributed by atoms with Gasteiger partial charge in [0.05, 0.1) is 6.61 Å². The molecule has 0 aliphatic carbocycles. The summed E-state index contributed by atoms with van der Waals surface area (Å²) >= 11 is 6.98. The molecule has 0 aliphatic heterocycles. The van der Waals surface area contributed by atoms with Crippen LogP contribution in [0.5, 0.6) is 0 Å². The van der Waals surface area contributed by atoms with Gasteiger partial charge in [-0.15, -0.1) is 0 Å². The number of rotatable bonds is 5. The first kappa shape index (κ1) is 14.2. The van der Waals surface area contributed by atoms with Gasteiger partial charge in [-0.05, 0) is 31.0 Å². The van der Waals surface area contributed by atoms with Gasteiger partial charge in [-0.3, -0.25) is 0 Å². The van der Waals surface area contributed by atoms with Crippen LogP contribution >= 0.6 is 31.9 Å². The fourth-order valence-corrected chi connectivity index (χ4v) is 2.99. The van der Waals surface area contributed by atoms with E-state index in [0.29, 0.717) is 0 Å². The highest BCUT2D eigenvalue weighted by molar-refractivity contribution is 9.11. The lowest BCUT2D eigenvalue weighted by atomic mass is 10.1. The van der Waals surface area contributed by atoms with Crippen LogP contribution in [-0.2, 0) is 0 Å². The molecule has 0 aromatic heterocycles. The molecule has 4 heteroatoms. The maximum absolute atomic E-state index is 9.15. The normalized spacial score (nSPS) is 14.8. The van der Waals surface area contributed by atoms with E-state index in [4.69, 9.17) is 5.11 Å². The highest BCUT2D eigenvalue weighted by atomic mass is 79.9. The van der Waals surface area contributed by atoms with Crippen molar-refractivity contribution in [3.63, 3.8) is 0 Å². The summed E-state index contributed by atoms with van der Waals surface area (Å²) < 4.78 is 2.14. The quantitative estimate of drug-likeness (QED) is 0.849. The van der Waals surface area contributed by atoms with Crippen LogP contribution in [0.3, 0.4) is 0 Å². The van der Waals surface area contributed by atoms with E-state index in [0.717, 1.165) is 15.4 Å². The zero-order chi connectivity index (χ0) is 12.1. The van der Waals surface area contributed by atoms with Gasteiger partial charge in [0.2, 0.25) is 0 Å². The van der Waals surface area contributed by atoms with E-state index in [9.17, 15) is 0 Å². The summed E-state index contributed by atoms with van der Waals surface area (Å²) in [6, 6.07) is 6.52. The minimum atomic E-state index is 0.158. The molecule has 0 amide bonds. The molecule has 90 valence electrons.